The van der Waals surface area contributed by atoms with E-state index < -0.39 is 0 Å². The van der Waals surface area contributed by atoms with Crippen molar-refractivity contribution in [3.63, 3.8) is 0 Å². The van der Waals surface area contributed by atoms with Crippen molar-refractivity contribution in [1.29, 1.82) is 0 Å². The summed E-state index contributed by atoms with van der Waals surface area (Å²) >= 11 is 0. The number of anilines is 2. The summed E-state index contributed by atoms with van der Waals surface area (Å²) in [5.41, 5.74) is 1.68. The second kappa shape index (κ2) is 8.04. The van der Waals surface area contributed by atoms with Gasteiger partial charge in [0.2, 0.25) is 0 Å². The Labute approximate surface area is 143 Å². The van der Waals surface area contributed by atoms with E-state index in [9.17, 15) is 4.39 Å². The first-order valence-corrected chi connectivity index (χ1v) is 8.73. The topological polar surface area (TPSA) is 29.0 Å². The summed E-state index contributed by atoms with van der Waals surface area (Å²) in [6.45, 7) is 4.26. The van der Waals surface area contributed by atoms with Crippen molar-refractivity contribution < 1.29 is 4.39 Å². The Kier molecular flexibility index (Phi) is 5.57. The second-order valence-electron chi connectivity index (χ2n) is 6.49. The number of hydrogen-bond donors (Lipinski definition) is 0. The quantitative estimate of drug-likeness (QED) is 0.689. The number of nitrogens with zero attached hydrogens (tertiary/aromatic N) is 3. The smallest absolute Gasteiger partial charge is 0.155 e. The lowest BCUT2D eigenvalue weighted by Gasteiger charge is -2.28. The van der Waals surface area contributed by atoms with Gasteiger partial charge in [0.05, 0.1) is 11.9 Å². The molecule has 24 heavy (non-hydrogen) atoms. The predicted octanol–water partition coefficient (Wildman–Crippen LogP) is 5.63. The molecule has 0 N–H and O–H groups in total. The number of benzene rings is 1. The molecule has 0 bridgehead atoms. The first-order valence-electron chi connectivity index (χ1n) is 8.73. The number of halogens is 1. The molecular weight excluding hydrogens is 301 g/mol. The van der Waals surface area contributed by atoms with Crippen LogP contribution in [0.15, 0.2) is 55.1 Å². The fraction of sp³-hybridized carbons (Fsp3) is 0.400. The van der Waals surface area contributed by atoms with Crippen LogP contribution in [0.3, 0.4) is 0 Å². The number of rotatable bonds is 6. The summed E-state index contributed by atoms with van der Waals surface area (Å²) in [5.74, 6) is 1.20. The maximum absolute atomic E-state index is 13.7. The molecule has 0 radical (unpaired) electrons. The van der Waals surface area contributed by atoms with Gasteiger partial charge in [-0.1, -0.05) is 44.7 Å². The highest BCUT2D eigenvalue weighted by Gasteiger charge is 2.18. The fourth-order valence-electron chi connectivity index (χ4n) is 3.46. The van der Waals surface area contributed by atoms with E-state index in [1.807, 2.05) is 11.0 Å². The Morgan fingerprint density at radius 3 is 2.75 bits per heavy atom. The van der Waals surface area contributed by atoms with Crippen LogP contribution in [0.2, 0.25) is 0 Å². The van der Waals surface area contributed by atoms with Gasteiger partial charge in [0, 0.05) is 18.1 Å². The molecule has 1 fully saturated rings. The Hall–Kier alpha value is -2.23. The summed E-state index contributed by atoms with van der Waals surface area (Å²) in [5, 5.41) is 0. The van der Waals surface area contributed by atoms with Crippen LogP contribution >= 0.6 is 0 Å². The molecule has 3 rings (SSSR count). The van der Waals surface area contributed by atoms with E-state index in [0.717, 1.165) is 30.1 Å². The van der Waals surface area contributed by atoms with Gasteiger partial charge in [-0.2, -0.15) is 0 Å². The Morgan fingerprint density at radius 2 is 2.04 bits per heavy atom. The standard InChI is InChI=1S/C20H24FN3/c1-16(10-11-17-6-3-2-4-7-17)24(20-15-22-12-13-23-20)19-9-5-8-18(21)14-19/h5,8-9,12-15,17H,1-4,6-7,10-11H2. The molecule has 126 valence electrons. The fourth-order valence-corrected chi connectivity index (χ4v) is 3.46. The zero-order valence-electron chi connectivity index (χ0n) is 14.0. The third-order valence-electron chi connectivity index (χ3n) is 4.73. The van der Waals surface area contributed by atoms with E-state index in [1.165, 1.54) is 44.2 Å². The summed E-state index contributed by atoms with van der Waals surface area (Å²) in [7, 11) is 0. The molecule has 1 aliphatic rings. The van der Waals surface area contributed by atoms with E-state index in [-0.39, 0.29) is 5.82 Å². The van der Waals surface area contributed by atoms with Crippen LogP contribution in [-0.4, -0.2) is 9.97 Å². The van der Waals surface area contributed by atoms with Crippen LogP contribution in [0.5, 0.6) is 0 Å². The number of hydrogen-bond acceptors (Lipinski definition) is 3. The summed E-state index contributed by atoms with van der Waals surface area (Å²) < 4.78 is 13.7. The highest BCUT2D eigenvalue weighted by molar-refractivity contribution is 5.64. The average molecular weight is 325 g/mol. The van der Waals surface area contributed by atoms with Gasteiger partial charge in [0.1, 0.15) is 5.82 Å². The molecule has 0 spiro atoms. The first kappa shape index (κ1) is 16.6. The van der Waals surface area contributed by atoms with Gasteiger partial charge in [-0.25, -0.2) is 9.37 Å². The molecular formula is C20H24FN3. The Balaban J connectivity index is 1.77. The minimum Gasteiger partial charge on any atom is -0.298 e. The van der Waals surface area contributed by atoms with Gasteiger partial charge in [0.25, 0.3) is 0 Å². The molecule has 1 aromatic heterocycles. The van der Waals surface area contributed by atoms with Crippen molar-refractivity contribution in [3.05, 3.63) is 60.9 Å². The van der Waals surface area contributed by atoms with E-state index in [1.54, 1.807) is 24.7 Å². The minimum absolute atomic E-state index is 0.263. The average Bonchev–Trinajstić information content (AvgIpc) is 2.62. The van der Waals surface area contributed by atoms with Crippen LogP contribution in [0, 0.1) is 11.7 Å². The Morgan fingerprint density at radius 1 is 1.21 bits per heavy atom. The largest absolute Gasteiger partial charge is 0.298 e. The van der Waals surface area contributed by atoms with Crippen LogP contribution in [-0.2, 0) is 0 Å². The molecule has 3 nitrogen and oxygen atoms in total. The van der Waals surface area contributed by atoms with Crippen LogP contribution in [0.25, 0.3) is 0 Å². The monoisotopic (exact) mass is 325 g/mol. The molecule has 1 aliphatic carbocycles. The van der Waals surface area contributed by atoms with Gasteiger partial charge in [-0.3, -0.25) is 9.88 Å². The molecule has 4 heteroatoms. The maximum atomic E-state index is 13.7. The highest BCUT2D eigenvalue weighted by Crippen LogP contribution is 2.33. The minimum atomic E-state index is -0.263. The van der Waals surface area contributed by atoms with E-state index >= 15 is 0 Å². The third kappa shape index (κ3) is 4.19. The number of aromatic nitrogens is 2. The SMILES string of the molecule is C=C(CCC1CCCCC1)N(c1cccc(F)c1)c1cnccn1. The molecule has 2 aromatic rings. The van der Waals surface area contributed by atoms with Crippen LogP contribution in [0.4, 0.5) is 15.9 Å². The van der Waals surface area contributed by atoms with Crippen molar-refractivity contribution in [2.24, 2.45) is 5.92 Å². The normalized spacial score (nSPS) is 15.2. The van der Waals surface area contributed by atoms with Crippen LogP contribution < -0.4 is 4.90 Å². The number of allylic oxidation sites excluding steroid dienone is 1. The van der Waals surface area contributed by atoms with Crippen molar-refractivity contribution in [3.8, 4) is 0 Å². The van der Waals surface area contributed by atoms with Crippen molar-refractivity contribution in [2.75, 3.05) is 4.90 Å². The first-order chi connectivity index (χ1) is 11.7. The molecule has 1 heterocycles. The Bertz CT molecular complexity index is 666. The van der Waals surface area contributed by atoms with E-state index in [2.05, 4.69) is 16.5 Å². The van der Waals surface area contributed by atoms with Gasteiger partial charge < -0.3 is 0 Å². The van der Waals surface area contributed by atoms with Crippen molar-refractivity contribution in [2.45, 2.75) is 44.9 Å². The molecule has 0 aliphatic heterocycles. The van der Waals surface area contributed by atoms with E-state index in [4.69, 9.17) is 0 Å². The summed E-state index contributed by atoms with van der Waals surface area (Å²) in [6.07, 6.45) is 13.7. The van der Waals surface area contributed by atoms with Gasteiger partial charge in [-0.15, -0.1) is 0 Å². The lowest BCUT2D eigenvalue weighted by Crippen LogP contribution is -2.18. The second-order valence-corrected chi connectivity index (χ2v) is 6.49. The van der Waals surface area contributed by atoms with Crippen LogP contribution in [0.1, 0.15) is 44.9 Å². The molecule has 1 saturated carbocycles. The maximum Gasteiger partial charge on any atom is 0.155 e. The molecule has 0 unspecified atom stereocenters. The van der Waals surface area contributed by atoms with Crippen molar-refractivity contribution in [1.82, 2.24) is 9.97 Å². The van der Waals surface area contributed by atoms with Gasteiger partial charge in [0.15, 0.2) is 5.82 Å². The lowest BCUT2D eigenvalue weighted by molar-refractivity contribution is 0.338. The highest BCUT2D eigenvalue weighted by atomic mass is 19.1. The zero-order valence-corrected chi connectivity index (χ0v) is 14.0. The lowest BCUT2D eigenvalue weighted by atomic mass is 9.86. The molecule has 1 aromatic carbocycles. The molecule has 0 amide bonds. The van der Waals surface area contributed by atoms with Crippen molar-refractivity contribution >= 4 is 11.5 Å². The van der Waals surface area contributed by atoms with Gasteiger partial charge in [-0.05, 0) is 37.0 Å². The summed E-state index contributed by atoms with van der Waals surface area (Å²) in [4.78, 5) is 10.4. The zero-order chi connectivity index (χ0) is 16.8. The predicted molar refractivity (Wildman–Crippen MR) is 95.5 cm³/mol. The molecule has 0 saturated heterocycles. The third-order valence-corrected chi connectivity index (χ3v) is 4.73. The van der Waals surface area contributed by atoms with E-state index in [0.29, 0.717) is 5.82 Å². The van der Waals surface area contributed by atoms with Gasteiger partial charge >= 0.3 is 0 Å². The summed E-state index contributed by atoms with van der Waals surface area (Å²) in [6, 6.07) is 6.55. The molecule has 0 atom stereocenters.